The molecular formula is C16H25N. The van der Waals surface area contributed by atoms with E-state index in [0.717, 1.165) is 5.92 Å². The fourth-order valence-electron chi connectivity index (χ4n) is 2.86. The molecule has 0 radical (unpaired) electrons. The van der Waals surface area contributed by atoms with Crippen LogP contribution in [-0.2, 0) is 6.42 Å². The third-order valence-electron chi connectivity index (χ3n) is 4.18. The molecule has 17 heavy (non-hydrogen) atoms. The van der Waals surface area contributed by atoms with Crippen LogP contribution >= 0.6 is 0 Å². The van der Waals surface area contributed by atoms with Crippen molar-refractivity contribution in [2.75, 3.05) is 7.05 Å². The van der Waals surface area contributed by atoms with Crippen molar-refractivity contribution in [3.8, 4) is 0 Å². The average molecular weight is 231 g/mol. The van der Waals surface area contributed by atoms with E-state index >= 15 is 0 Å². The van der Waals surface area contributed by atoms with E-state index < -0.39 is 0 Å². The summed E-state index contributed by atoms with van der Waals surface area (Å²) in [6.07, 6.45) is 3.76. The maximum atomic E-state index is 3.49. The standard InChI is InChI=1S/C16H25N/c1-5-6-12-7-9-13(10-8-12)15(17-4)14-11-16(14,2)3/h7-10,14-15,17H,5-6,11H2,1-4H3. The van der Waals surface area contributed by atoms with Crippen LogP contribution in [0.2, 0.25) is 0 Å². The van der Waals surface area contributed by atoms with Gasteiger partial charge in [-0.25, -0.2) is 0 Å². The first-order valence-electron chi connectivity index (χ1n) is 6.84. The molecule has 0 aliphatic heterocycles. The summed E-state index contributed by atoms with van der Waals surface area (Å²) in [5.41, 5.74) is 3.43. The van der Waals surface area contributed by atoms with Crippen molar-refractivity contribution < 1.29 is 0 Å². The molecular weight excluding hydrogens is 206 g/mol. The van der Waals surface area contributed by atoms with Crippen molar-refractivity contribution in [1.29, 1.82) is 0 Å². The largest absolute Gasteiger partial charge is 0.313 e. The molecule has 0 heterocycles. The summed E-state index contributed by atoms with van der Waals surface area (Å²) in [5.74, 6) is 0.796. The number of hydrogen-bond donors (Lipinski definition) is 1. The molecule has 1 heteroatoms. The van der Waals surface area contributed by atoms with Gasteiger partial charge in [-0.3, -0.25) is 0 Å². The molecule has 0 spiro atoms. The lowest BCUT2D eigenvalue weighted by Gasteiger charge is -2.19. The zero-order valence-electron chi connectivity index (χ0n) is 11.6. The van der Waals surface area contributed by atoms with Crippen LogP contribution in [0.15, 0.2) is 24.3 Å². The Balaban J connectivity index is 2.10. The molecule has 0 amide bonds. The summed E-state index contributed by atoms with van der Waals surface area (Å²) in [7, 11) is 2.08. The van der Waals surface area contributed by atoms with E-state index in [1.165, 1.54) is 30.4 Å². The van der Waals surface area contributed by atoms with Crippen molar-refractivity contribution in [3.63, 3.8) is 0 Å². The molecule has 0 aromatic heterocycles. The lowest BCUT2D eigenvalue weighted by Crippen LogP contribution is -2.20. The summed E-state index contributed by atoms with van der Waals surface area (Å²) >= 11 is 0. The number of aryl methyl sites for hydroxylation is 1. The van der Waals surface area contributed by atoms with E-state index in [1.807, 2.05) is 0 Å². The summed E-state index contributed by atoms with van der Waals surface area (Å²) in [4.78, 5) is 0. The molecule has 94 valence electrons. The number of benzene rings is 1. The number of rotatable bonds is 5. The maximum Gasteiger partial charge on any atom is 0.0351 e. The summed E-state index contributed by atoms with van der Waals surface area (Å²) in [6, 6.07) is 9.72. The van der Waals surface area contributed by atoms with E-state index in [9.17, 15) is 0 Å². The Morgan fingerprint density at radius 1 is 1.29 bits per heavy atom. The molecule has 1 aliphatic rings. The highest BCUT2D eigenvalue weighted by Gasteiger charge is 2.49. The molecule has 1 aliphatic carbocycles. The average Bonchev–Trinajstić information content (AvgIpc) is 2.91. The monoisotopic (exact) mass is 231 g/mol. The highest BCUT2D eigenvalue weighted by molar-refractivity contribution is 5.27. The molecule has 1 N–H and O–H groups in total. The first-order valence-corrected chi connectivity index (χ1v) is 6.84. The Kier molecular flexibility index (Phi) is 3.58. The van der Waals surface area contributed by atoms with Gasteiger partial charge in [-0.2, -0.15) is 0 Å². The van der Waals surface area contributed by atoms with Gasteiger partial charge in [0.15, 0.2) is 0 Å². The molecule has 0 bridgehead atoms. The van der Waals surface area contributed by atoms with E-state index in [4.69, 9.17) is 0 Å². The summed E-state index contributed by atoms with van der Waals surface area (Å²) in [5, 5.41) is 3.49. The molecule has 1 aromatic rings. The van der Waals surface area contributed by atoms with Crippen LogP contribution in [0.4, 0.5) is 0 Å². The molecule has 2 rings (SSSR count). The van der Waals surface area contributed by atoms with Crippen LogP contribution in [0.25, 0.3) is 0 Å². The zero-order valence-corrected chi connectivity index (χ0v) is 11.6. The fraction of sp³-hybridized carbons (Fsp3) is 0.625. The smallest absolute Gasteiger partial charge is 0.0351 e. The second-order valence-corrected chi connectivity index (χ2v) is 6.06. The van der Waals surface area contributed by atoms with Crippen LogP contribution in [0.3, 0.4) is 0 Å². The van der Waals surface area contributed by atoms with Crippen molar-refractivity contribution in [2.24, 2.45) is 11.3 Å². The van der Waals surface area contributed by atoms with Gasteiger partial charge >= 0.3 is 0 Å². The van der Waals surface area contributed by atoms with Gasteiger partial charge in [0, 0.05) is 6.04 Å². The van der Waals surface area contributed by atoms with Crippen LogP contribution in [0, 0.1) is 11.3 Å². The first-order chi connectivity index (χ1) is 8.08. The maximum absolute atomic E-state index is 3.49. The van der Waals surface area contributed by atoms with Crippen LogP contribution in [-0.4, -0.2) is 7.05 Å². The summed E-state index contributed by atoms with van der Waals surface area (Å²) in [6.45, 7) is 6.97. The minimum absolute atomic E-state index is 0.524. The normalized spacial score (nSPS) is 23.4. The minimum atomic E-state index is 0.524. The number of hydrogen-bond acceptors (Lipinski definition) is 1. The van der Waals surface area contributed by atoms with Crippen molar-refractivity contribution in [3.05, 3.63) is 35.4 Å². The lowest BCUT2D eigenvalue weighted by molar-refractivity contribution is 0.441. The molecule has 2 atom stereocenters. The Labute approximate surface area is 106 Å². The Morgan fingerprint density at radius 2 is 1.88 bits per heavy atom. The first kappa shape index (κ1) is 12.6. The van der Waals surface area contributed by atoms with Crippen LogP contribution in [0.1, 0.15) is 50.8 Å². The van der Waals surface area contributed by atoms with E-state index in [1.54, 1.807) is 0 Å². The summed E-state index contributed by atoms with van der Waals surface area (Å²) < 4.78 is 0. The van der Waals surface area contributed by atoms with Gasteiger partial charge < -0.3 is 5.32 Å². The highest BCUT2D eigenvalue weighted by Crippen LogP contribution is 2.57. The second-order valence-electron chi connectivity index (χ2n) is 6.06. The van der Waals surface area contributed by atoms with Gasteiger partial charge in [0.05, 0.1) is 0 Å². The van der Waals surface area contributed by atoms with E-state index in [2.05, 4.69) is 57.4 Å². The van der Waals surface area contributed by atoms with Gasteiger partial charge in [-0.05, 0) is 42.3 Å². The van der Waals surface area contributed by atoms with E-state index in [0.29, 0.717) is 11.5 Å². The molecule has 1 fully saturated rings. The van der Waals surface area contributed by atoms with Gasteiger partial charge in [0.25, 0.3) is 0 Å². The molecule has 0 saturated heterocycles. The molecule has 1 saturated carbocycles. The highest BCUT2D eigenvalue weighted by atomic mass is 14.9. The van der Waals surface area contributed by atoms with Gasteiger partial charge in [-0.15, -0.1) is 0 Å². The molecule has 1 nitrogen and oxygen atoms in total. The van der Waals surface area contributed by atoms with Crippen LogP contribution < -0.4 is 5.32 Å². The Bertz CT molecular complexity index is 364. The predicted octanol–water partition coefficient (Wildman–Crippen LogP) is 3.95. The molecule has 1 aromatic carbocycles. The third-order valence-corrected chi connectivity index (χ3v) is 4.18. The van der Waals surface area contributed by atoms with Crippen molar-refractivity contribution in [1.82, 2.24) is 5.32 Å². The second kappa shape index (κ2) is 4.81. The molecule has 2 unspecified atom stereocenters. The van der Waals surface area contributed by atoms with Gasteiger partial charge in [0.2, 0.25) is 0 Å². The van der Waals surface area contributed by atoms with Crippen molar-refractivity contribution in [2.45, 2.75) is 46.1 Å². The third kappa shape index (κ3) is 2.71. The number of nitrogens with one attached hydrogen (secondary N) is 1. The van der Waals surface area contributed by atoms with E-state index in [-0.39, 0.29) is 0 Å². The minimum Gasteiger partial charge on any atom is -0.313 e. The Morgan fingerprint density at radius 3 is 2.29 bits per heavy atom. The Hall–Kier alpha value is -0.820. The fourth-order valence-corrected chi connectivity index (χ4v) is 2.86. The quantitative estimate of drug-likeness (QED) is 0.809. The predicted molar refractivity (Wildman–Crippen MR) is 74.1 cm³/mol. The topological polar surface area (TPSA) is 12.0 Å². The lowest BCUT2D eigenvalue weighted by atomic mass is 9.96. The van der Waals surface area contributed by atoms with Crippen molar-refractivity contribution >= 4 is 0 Å². The van der Waals surface area contributed by atoms with Gasteiger partial charge in [0.1, 0.15) is 0 Å². The van der Waals surface area contributed by atoms with Crippen LogP contribution in [0.5, 0.6) is 0 Å². The SMILES string of the molecule is CCCc1ccc(C(NC)C2CC2(C)C)cc1. The van der Waals surface area contributed by atoms with Gasteiger partial charge in [-0.1, -0.05) is 51.5 Å². The zero-order chi connectivity index (χ0) is 12.5.